The first-order valence-electron chi connectivity index (χ1n) is 11.2. The molecule has 163 valence electrons. The SMILES string of the molecule is CCc1ccc(C2CC(c3nc(OC(C)C)no3)CN(C3CC(O)CC[N]3)C2)cc1. The molecule has 0 spiro atoms. The van der Waals surface area contributed by atoms with Crippen molar-refractivity contribution in [3.05, 3.63) is 41.3 Å². The minimum Gasteiger partial charge on any atom is -0.459 e. The quantitative estimate of drug-likeness (QED) is 0.783. The average molecular weight is 414 g/mol. The number of likely N-dealkylation sites (tertiary alicyclic amines) is 1. The van der Waals surface area contributed by atoms with E-state index in [1.54, 1.807) is 0 Å². The van der Waals surface area contributed by atoms with Crippen LogP contribution in [0.2, 0.25) is 0 Å². The number of benzene rings is 1. The predicted octanol–water partition coefficient (Wildman–Crippen LogP) is 3.08. The maximum absolute atomic E-state index is 10.2. The molecular formula is C23H33N4O3. The van der Waals surface area contributed by atoms with E-state index in [1.807, 2.05) is 13.8 Å². The van der Waals surface area contributed by atoms with Crippen LogP contribution in [0.25, 0.3) is 0 Å². The molecule has 2 aromatic rings. The van der Waals surface area contributed by atoms with E-state index in [2.05, 4.69) is 46.2 Å². The van der Waals surface area contributed by atoms with Crippen LogP contribution in [0.3, 0.4) is 0 Å². The van der Waals surface area contributed by atoms with Gasteiger partial charge in [-0.25, -0.2) is 5.32 Å². The summed E-state index contributed by atoms with van der Waals surface area (Å²) in [5, 5.41) is 19.0. The number of aliphatic hydroxyl groups is 1. The number of rotatable bonds is 6. The highest BCUT2D eigenvalue weighted by atomic mass is 16.6. The summed E-state index contributed by atoms with van der Waals surface area (Å²) in [6.07, 6.45) is 3.22. The van der Waals surface area contributed by atoms with Gasteiger partial charge in [0.2, 0.25) is 5.89 Å². The molecule has 3 heterocycles. The molecule has 0 bridgehead atoms. The van der Waals surface area contributed by atoms with Crippen LogP contribution in [0.1, 0.15) is 68.9 Å². The molecule has 2 aliphatic rings. The lowest BCUT2D eigenvalue weighted by molar-refractivity contribution is 0.0283. The number of ether oxygens (including phenoxy) is 1. The minimum atomic E-state index is -0.274. The molecule has 1 radical (unpaired) electrons. The van der Waals surface area contributed by atoms with Crippen molar-refractivity contribution in [3.8, 4) is 6.01 Å². The van der Waals surface area contributed by atoms with Crippen molar-refractivity contribution in [2.75, 3.05) is 19.6 Å². The van der Waals surface area contributed by atoms with Gasteiger partial charge in [-0.15, -0.1) is 0 Å². The fourth-order valence-electron chi connectivity index (χ4n) is 4.54. The lowest BCUT2D eigenvalue weighted by Gasteiger charge is -2.42. The molecule has 1 aromatic carbocycles. The molecule has 0 amide bonds. The molecule has 7 heteroatoms. The summed E-state index contributed by atoms with van der Waals surface area (Å²) >= 11 is 0. The molecule has 4 unspecified atom stereocenters. The zero-order valence-electron chi connectivity index (χ0n) is 18.2. The van der Waals surface area contributed by atoms with Crippen LogP contribution >= 0.6 is 0 Å². The largest absolute Gasteiger partial charge is 0.459 e. The van der Waals surface area contributed by atoms with Gasteiger partial charge in [-0.1, -0.05) is 31.2 Å². The van der Waals surface area contributed by atoms with Gasteiger partial charge in [0.1, 0.15) is 0 Å². The first kappa shape index (κ1) is 21.3. The van der Waals surface area contributed by atoms with E-state index < -0.39 is 0 Å². The monoisotopic (exact) mass is 413 g/mol. The maximum Gasteiger partial charge on any atom is 0.354 e. The van der Waals surface area contributed by atoms with Gasteiger partial charge in [0.25, 0.3) is 0 Å². The summed E-state index contributed by atoms with van der Waals surface area (Å²) in [7, 11) is 0. The predicted molar refractivity (Wildman–Crippen MR) is 114 cm³/mol. The number of nitrogens with zero attached hydrogens (tertiary/aromatic N) is 4. The molecule has 2 saturated heterocycles. The van der Waals surface area contributed by atoms with Gasteiger partial charge in [0, 0.05) is 26.1 Å². The van der Waals surface area contributed by atoms with Gasteiger partial charge >= 0.3 is 6.01 Å². The molecule has 4 rings (SSSR count). The maximum atomic E-state index is 10.2. The Kier molecular flexibility index (Phi) is 6.71. The van der Waals surface area contributed by atoms with Crippen LogP contribution in [0, 0.1) is 0 Å². The van der Waals surface area contributed by atoms with E-state index in [4.69, 9.17) is 14.6 Å². The second-order valence-electron chi connectivity index (χ2n) is 8.83. The highest BCUT2D eigenvalue weighted by Gasteiger charge is 2.37. The Hall–Kier alpha value is -1.96. The van der Waals surface area contributed by atoms with Crippen molar-refractivity contribution in [2.24, 2.45) is 0 Å². The third-order valence-corrected chi connectivity index (χ3v) is 6.16. The molecule has 1 N–H and O–H groups in total. The zero-order valence-corrected chi connectivity index (χ0v) is 18.2. The van der Waals surface area contributed by atoms with Crippen LogP contribution < -0.4 is 10.1 Å². The summed E-state index contributed by atoms with van der Waals surface area (Å²) < 4.78 is 11.2. The summed E-state index contributed by atoms with van der Waals surface area (Å²) in [5.41, 5.74) is 2.68. The van der Waals surface area contributed by atoms with Crippen molar-refractivity contribution in [1.82, 2.24) is 20.4 Å². The van der Waals surface area contributed by atoms with Gasteiger partial charge in [0.05, 0.1) is 24.3 Å². The second kappa shape index (κ2) is 9.45. The van der Waals surface area contributed by atoms with Crippen LogP contribution in [0.15, 0.2) is 28.8 Å². The number of hydrogen-bond acceptors (Lipinski definition) is 6. The Labute approximate surface area is 178 Å². The Morgan fingerprint density at radius 1 is 1.17 bits per heavy atom. The topological polar surface area (TPSA) is 85.7 Å². The third-order valence-electron chi connectivity index (χ3n) is 6.16. The number of aryl methyl sites for hydroxylation is 1. The normalized spacial score (nSPS) is 28.0. The molecule has 0 saturated carbocycles. The standard InChI is InChI=1S/C23H33N4O3/c1-4-16-5-7-17(8-6-16)18-11-19(22-25-23(26-30-22)29-15(2)3)14-27(13-18)21-12-20(28)9-10-24-21/h5-8,15,18-21,28H,4,9-14H2,1-3H3. The van der Waals surface area contributed by atoms with Crippen molar-refractivity contribution in [2.45, 2.75) is 76.7 Å². The van der Waals surface area contributed by atoms with E-state index in [9.17, 15) is 5.11 Å². The van der Waals surface area contributed by atoms with E-state index in [0.717, 1.165) is 38.9 Å². The van der Waals surface area contributed by atoms with Crippen LogP contribution in [0.4, 0.5) is 0 Å². The number of piperidine rings is 2. The van der Waals surface area contributed by atoms with Crippen molar-refractivity contribution in [1.29, 1.82) is 0 Å². The molecule has 1 aromatic heterocycles. The highest BCUT2D eigenvalue weighted by molar-refractivity contribution is 5.27. The molecular weight excluding hydrogens is 380 g/mol. The fraction of sp³-hybridized carbons (Fsp3) is 0.652. The van der Waals surface area contributed by atoms with Crippen LogP contribution in [-0.2, 0) is 6.42 Å². The van der Waals surface area contributed by atoms with Crippen molar-refractivity contribution in [3.63, 3.8) is 0 Å². The minimum absolute atomic E-state index is 0.00524. The van der Waals surface area contributed by atoms with Crippen LogP contribution in [0.5, 0.6) is 6.01 Å². The molecule has 4 atom stereocenters. The Balaban J connectivity index is 1.56. The van der Waals surface area contributed by atoms with Gasteiger partial charge in [-0.3, -0.25) is 4.90 Å². The summed E-state index contributed by atoms with van der Waals surface area (Å²) in [6, 6.07) is 9.24. The fourth-order valence-corrected chi connectivity index (χ4v) is 4.54. The smallest absolute Gasteiger partial charge is 0.354 e. The first-order valence-corrected chi connectivity index (χ1v) is 11.2. The Morgan fingerprint density at radius 3 is 2.63 bits per heavy atom. The van der Waals surface area contributed by atoms with E-state index in [1.165, 1.54) is 11.1 Å². The Bertz CT molecular complexity index is 807. The van der Waals surface area contributed by atoms with Crippen molar-refractivity contribution < 1.29 is 14.4 Å². The molecule has 7 nitrogen and oxygen atoms in total. The van der Waals surface area contributed by atoms with Gasteiger partial charge < -0.3 is 14.4 Å². The average Bonchev–Trinajstić information content (AvgIpc) is 3.21. The number of hydrogen-bond donors (Lipinski definition) is 1. The molecule has 2 aliphatic heterocycles. The van der Waals surface area contributed by atoms with E-state index in [0.29, 0.717) is 24.2 Å². The van der Waals surface area contributed by atoms with E-state index in [-0.39, 0.29) is 24.3 Å². The molecule has 0 aliphatic carbocycles. The van der Waals surface area contributed by atoms with Gasteiger partial charge in [-0.05, 0) is 55.3 Å². The third kappa shape index (κ3) is 5.02. The van der Waals surface area contributed by atoms with E-state index >= 15 is 0 Å². The number of aliphatic hydroxyl groups excluding tert-OH is 1. The highest BCUT2D eigenvalue weighted by Crippen LogP contribution is 2.37. The lowest BCUT2D eigenvalue weighted by Crippen LogP contribution is -2.52. The van der Waals surface area contributed by atoms with Crippen LogP contribution in [-0.4, -0.2) is 58.2 Å². The summed E-state index contributed by atoms with van der Waals surface area (Å²) in [5.74, 6) is 1.09. The second-order valence-corrected chi connectivity index (χ2v) is 8.83. The number of aromatic nitrogens is 2. The first-order chi connectivity index (χ1) is 14.5. The van der Waals surface area contributed by atoms with Gasteiger partial charge in [0.15, 0.2) is 0 Å². The molecule has 30 heavy (non-hydrogen) atoms. The lowest BCUT2D eigenvalue weighted by atomic mass is 9.83. The summed E-state index contributed by atoms with van der Waals surface area (Å²) in [4.78, 5) is 6.91. The van der Waals surface area contributed by atoms with Crippen molar-refractivity contribution >= 4 is 0 Å². The Morgan fingerprint density at radius 2 is 1.93 bits per heavy atom. The summed E-state index contributed by atoms with van der Waals surface area (Å²) in [6.45, 7) is 8.51. The van der Waals surface area contributed by atoms with Gasteiger partial charge in [-0.2, -0.15) is 4.98 Å². The zero-order chi connectivity index (χ0) is 21.1. The molecule has 2 fully saturated rings.